The van der Waals surface area contributed by atoms with Gasteiger partial charge < -0.3 is 14.2 Å². The lowest BCUT2D eigenvalue weighted by atomic mass is 10.1. The summed E-state index contributed by atoms with van der Waals surface area (Å²) in [5, 5.41) is 0. The molecule has 0 aliphatic carbocycles. The third kappa shape index (κ3) is 51.7. The number of carbonyl (C=O) groups is 3. The molecule has 65 heavy (non-hydrogen) atoms. The molecule has 0 aromatic rings. The second-order valence-electron chi connectivity index (χ2n) is 18.1. The average molecular weight is 907 g/mol. The molecule has 0 radical (unpaired) electrons. The Kier molecular flexibility index (Phi) is 50.9. The molecule has 1 atom stereocenters. The standard InChI is InChI=1S/C59H102O6/c1-4-7-10-13-16-19-22-24-26-28-29-31-33-35-38-40-43-46-49-52-58(61)64-55-56(65-59(62)53-50-47-44-41-36-21-18-15-12-9-6-3)54-63-57(60)51-48-45-42-39-37-34-32-30-27-25-23-20-17-14-11-8-5-2/h16-17,19-20,24-27,32,34,39,42,56H,4-15,18,21-23,28-31,33,35-38,40-41,43-55H2,1-3H3/b19-16-,20-17-,26-24-,27-25-,34-32-,42-39-/t56-/m0/s1. The highest BCUT2D eigenvalue weighted by molar-refractivity contribution is 5.71. The van der Waals surface area contributed by atoms with Gasteiger partial charge in [-0.3, -0.25) is 14.4 Å². The summed E-state index contributed by atoms with van der Waals surface area (Å²) in [6.45, 7) is 6.54. The van der Waals surface area contributed by atoms with Crippen molar-refractivity contribution in [3.63, 3.8) is 0 Å². The minimum absolute atomic E-state index is 0.0930. The van der Waals surface area contributed by atoms with Crippen LogP contribution in [-0.4, -0.2) is 37.2 Å². The van der Waals surface area contributed by atoms with Crippen molar-refractivity contribution >= 4 is 17.9 Å². The third-order valence-corrected chi connectivity index (χ3v) is 11.7. The third-order valence-electron chi connectivity index (χ3n) is 11.7. The van der Waals surface area contributed by atoms with Gasteiger partial charge in [-0.2, -0.15) is 0 Å². The molecule has 0 spiro atoms. The van der Waals surface area contributed by atoms with Gasteiger partial charge in [0.1, 0.15) is 13.2 Å². The van der Waals surface area contributed by atoms with Crippen molar-refractivity contribution in [3.8, 4) is 0 Å². The fraction of sp³-hybridized carbons (Fsp3) is 0.746. The van der Waals surface area contributed by atoms with Gasteiger partial charge in [-0.15, -0.1) is 0 Å². The smallest absolute Gasteiger partial charge is 0.306 e. The quantitative estimate of drug-likeness (QED) is 0.0262. The van der Waals surface area contributed by atoms with Gasteiger partial charge in [0.2, 0.25) is 0 Å². The van der Waals surface area contributed by atoms with E-state index < -0.39 is 6.10 Å². The number of rotatable bonds is 49. The van der Waals surface area contributed by atoms with Crippen molar-refractivity contribution < 1.29 is 28.6 Å². The van der Waals surface area contributed by atoms with Crippen LogP contribution in [0.2, 0.25) is 0 Å². The minimum Gasteiger partial charge on any atom is -0.462 e. The maximum absolute atomic E-state index is 12.8. The maximum Gasteiger partial charge on any atom is 0.306 e. The molecule has 0 aliphatic heterocycles. The predicted octanol–water partition coefficient (Wildman–Crippen LogP) is 18.2. The van der Waals surface area contributed by atoms with Gasteiger partial charge in [0.05, 0.1) is 0 Å². The number of unbranched alkanes of at least 4 members (excludes halogenated alkanes) is 26. The fourth-order valence-corrected chi connectivity index (χ4v) is 7.52. The van der Waals surface area contributed by atoms with Crippen molar-refractivity contribution in [2.75, 3.05) is 13.2 Å². The van der Waals surface area contributed by atoms with E-state index >= 15 is 0 Å². The van der Waals surface area contributed by atoms with Gasteiger partial charge in [-0.25, -0.2) is 0 Å². The molecule has 0 fully saturated rings. The first-order valence-corrected chi connectivity index (χ1v) is 27.4. The first-order valence-electron chi connectivity index (χ1n) is 27.4. The van der Waals surface area contributed by atoms with Crippen LogP contribution < -0.4 is 0 Å². The molecule has 0 N–H and O–H groups in total. The molecule has 0 aliphatic rings. The molecule has 0 saturated carbocycles. The Balaban J connectivity index is 4.40. The lowest BCUT2D eigenvalue weighted by Gasteiger charge is -2.18. The lowest BCUT2D eigenvalue weighted by molar-refractivity contribution is -0.167. The van der Waals surface area contributed by atoms with Crippen LogP contribution in [0.25, 0.3) is 0 Å². The minimum atomic E-state index is -0.796. The Morgan fingerprint density at radius 1 is 0.308 bits per heavy atom. The molecule has 0 saturated heterocycles. The highest BCUT2D eigenvalue weighted by Crippen LogP contribution is 2.15. The van der Waals surface area contributed by atoms with Gasteiger partial charge in [-0.05, 0) is 89.9 Å². The van der Waals surface area contributed by atoms with Crippen molar-refractivity contribution in [1.82, 2.24) is 0 Å². The van der Waals surface area contributed by atoms with Crippen LogP contribution in [0.5, 0.6) is 0 Å². The normalized spacial score (nSPS) is 12.6. The van der Waals surface area contributed by atoms with E-state index in [1.54, 1.807) is 0 Å². The molecule has 0 heterocycles. The van der Waals surface area contributed by atoms with Crippen molar-refractivity contribution in [3.05, 3.63) is 72.9 Å². The van der Waals surface area contributed by atoms with Gasteiger partial charge in [0, 0.05) is 19.3 Å². The molecule has 6 heteroatoms. The van der Waals surface area contributed by atoms with E-state index in [4.69, 9.17) is 14.2 Å². The number of hydrogen-bond acceptors (Lipinski definition) is 6. The van der Waals surface area contributed by atoms with E-state index in [0.717, 1.165) is 70.6 Å². The number of esters is 3. The summed E-state index contributed by atoms with van der Waals surface area (Å²) in [6.07, 6.45) is 67.5. The van der Waals surface area contributed by atoms with E-state index in [-0.39, 0.29) is 37.5 Å². The zero-order valence-corrected chi connectivity index (χ0v) is 42.7. The topological polar surface area (TPSA) is 78.9 Å². The summed E-state index contributed by atoms with van der Waals surface area (Å²) >= 11 is 0. The first-order chi connectivity index (χ1) is 32.0. The summed E-state index contributed by atoms with van der Waals surface area (Å²) in [4.78, 5) is 38.0. The molecule has 0 aromatic carbocycles. The molecule has 0 amide bonds. The van der Waals surface area contributed by atoms with Crippen molar-refractivity contribution in [2.24, 2.45) is 0 Å². The molecule has 0 unspecified atom stereocenters. The van der Waals surface area contributed by atoms with E-state index in [1.165, 1.54) is 148 Å². The Hall–Kier alpha value is -3.15. The van der Waals surface area contributed by atoms with Crippen LogP contribution in [0.15, 0.2) is 72.9 Å². The lowest BCUT2D eigenvalue weighted by Crippen LogP contribution is -2.30. The van der Waals surface area contributed by atoms with E-state index in [2.05, 4.69) is 93.7 Å². The van der Waals surface area contributed by atoms with Crippen LogP contribution in [0.4, 0.5) is 0 Å². The molecule has 0 bridgehead atoms. The summed E-state index contributed by atoms with van der Waals surface area (Å²) in [6, 6.07) is 0. The fourth-order valence-electron chi connectivity index (χ4n) is 7.52. The van der Waals surface area contributed by atoms with Crippen molar-refractivity contribution in [1.29, 1.82) is 0 Å². The van der Waals surface area contributed by atoms with Crippen LogP contribution in [0.3, 0.4) is 0 Å². The van der Waals surface area contributed by atoms with Gasteiger partial charge in [0.15, 0.2) is 6.10 Å². The second-order valence-corrected chi connectivity index (χ2v) is 18.1. The molecule has 0 rings (SSSR count). The van der Waals surface area contributed by atoms with E-state index in [0.29, 0.717) is 19.3 Å². The Morgan fingerprint density at radius 2 is 0.569 bits per heavy atom. The largest absolute Gasteiger partial charge is 0.462 e. The van der Waals surface area contributed by atoms with Crippen LogP contribution in [0, 0.1) is 0 Å². The molecular weight excluding hydrogens is 805 g/mol. The van der Waals surface area contributed by atoms with Crippen LogP contribution in [-0.2, 0) is 28.6 Å². The summed E-state index contributed by atoms with van der Waals surface area (Å²) in [5.41, 5.74) is 0. The first kappa shape index (κ1) is 61.9. The highest BCUT2D eigenvalue weighted by atomic mass is 16.6. The van der Waals surface area contributed by atoms with Gasteiger partial charge in [0.25, 0.3) is 0 Å². The highest BCUT2D eigenvalue weighted by Gasteiger charge is 2.19. The monoisotopic (exact) mass is 907 g/mol. The maximum atomic E-state index is 12.8. The van der Waals surface area contributed by atoms with E-state index in [9.17, 15) is 14.4 Å². The second kappa shape index (κ2) is 53.5. The summed E-state index contributed by atoms with van der Waals surface area (Å²) < 4.78 is 16.8. The summed E-state index contributed by atoms with van der Waals surface area (Å²) in [5.74, 6) is -0.951. The zero-order chi connectivity index (χ0) is 47.2. The van der Waals surface area contributed by atoms with Crippen LogP contribution >= 0.6 is 0 Å². The van der Waals surface area contributed by atoms with E-state index in [1.807, 2.05) is 0 Å². The zero-order valence-electron chi connectivity index (χ0n) is 42.7. The number of hydrogen-bond donors (Lipinski definition) is 0. The summed E-state index contributed by atoms with van der Waals surface area (Å²) in [7, 11) is 0. The molecule has 0 aromatic heterocycles. The van der Waals surface area contributed by atoms with Crippen molar-refractivity contribution in [2.45, 2.75) is 271 Å². The number of carbonyl (C=O) groups excluding carboxylic acids is 3. The Labute approximate surface area is 402 Å². The predicted molar refractivity (Wildman–Crippen MR) is 279 cm³/mol. The molecule has 374 valence electrons. The number of allylic oxidation sites excluding steroid dienone is 12. The number of ether oxygens (including phenoxy) is 3. The van der Waals surface area contributed by atoms with Crippen LogP contribution in [0.1, 0.15) is 265 Å². The average Bonchev–Trinajstić information content (AvgIpc) is 3.30. The Bertz CT molecular complexity index is 1230. The SMILES string of the molecule is CCCCC/C=C\C/C=C\C/C=C\C/C=C\CCCC(=O)OC[C@@H](COC(=O)CCCCCCCCCCC/C=C\C/C=C\CCCCC)OC(=O)CCCCCCCCCCCCC. The Morgan fingerprint density at radius 3 is 0.954 bits per heavy atom. The molecule has 6 nitrogen and oxygen atoms in total. The van der Waals surface area contributed by atoms with Gasteiger partial charge in [-0.1, -0.05) is 229 Å². The molecular formula is C59H102O6. The van der Waals surface area contributed by atoms with Gasteiger partial charge >= 0.3 is 17.9 Å².